The third-order valence-corrected chi connectivity index (χ3v) is 3.27. The number of aliphatic carboxylic acids is 1. The van der Waals surface area contributed by atoms with Gasteiger partial charge >= 0.3 is 5.97 Å². The zero-order chi connectivity index (χ0) is 15.0. The molecule has 2 N–H and O–H groups in total. The minimum Gasteiger partial charge on any atom is -0.480 e. The molecule has 1 unspecified atom stereocenters. The zero-order valence-corrected chi connectivity index (χ0v) is 12.0. The zero-order valence-electron chi connectivity index (χ0n) is 11.2. The second-order valence-electron chi connectivity index (χ2n) is 3.89. The first kappa shape index (κ1) is 16.3. The van der Waals surface area contributed by atoms with Crippen molar-refractivity contribution in [2.24, 2.45) is 0 Å². The van der Waals surface area contributed by atoms with Crippen LogP contribution in [0.15, 0.2) is 41.8 Å². The Morgan fingerprint density at radius 3 is 2.80 bits per heavy atom. The second-order valence-corrected chi connectivity index (χ2v) is 4.74. The van der Waals surface area contributed by atoms with Crippen LogP contribution in [-0.4, -0.2) is 42.5 Å². The lowest BCUT2D eigenvalue weighted by atomic mass is 10.2. The van der Waals surface area contributed by atoms with Gasteiger partial charge in [0.05, 0.1) is 18.8 Å². The molecule has 6 heteroatoms. The molecular formula is C14H17NO4S. The molecule has 0 spiro atoms. The van der Waals surface area contributed by atoms with Crippen molar-refractivity contribution < 1.29 is 19.4 Å². The molecular weight excluding hydrogens is 278 g/mol. The van der Waals surface area contributed by atoms with E-state index in [2.05, 4.69) is 11.9 Å². The maximum Gasteiger partial charge on any atom is 0.328 e. The van der Waals surface area contributed by atoms with Crippen molar-refractivity contribution in [3.63, 3.8) is 0 Å². The highest BCUT2D eigenvalue weighted by Crippen LogP contribution is 2.19. The summed E-state index contributed by atoms with van der Waals surface area (Å²) in [5, 5.41) is 11.5. The third-order valence-electron chi connectivity index (χ3n) is 2.48. The van der Waals surface area contributed by atoms with Gasteiger partial charge in [-0.05, 0) is 18.4 Å². The molecule has 20 heavy (non-hydrogen) atoms. The molecule has 0 heterocycles. The molecule has 1 amide bonds. The van der Waals surface area contributed by atoms with Gasteiger partial charge in [0.15, 0.2) is 6.04 Å². The first-order chi connectivity index (χ1) is 9.60. The van der Waals surface area contributed by atoms with Crippen LogP contribution >= 0.6 is 11.8 Å². The van der Waals surface area contributed by atoms with E-state index in [-0.39, 0.29) is 13.2 Å². The molecule has 0 aromatic heterocycles. The van der Waals surface area contributed by atoms with Crippen LogP contribution in [0.5, 0.6) is 0 Å². The van der Waals surface area contributed by atoms with E-state index in [0.717, 1.165) is 4.90 Å². The first-order valence-electron chi connectivity index (χ1n) is 5.95. The molecule has 1 aromatic rings. The summed E-state index contributed by atoms with van der Waals surface area (Å²) < 4.78 is 5.08. The lowest BCUT2D eigenvalue weighted by Gasteiger charge is -2.15. The van der Waals surface area contributed by atoms with Crippen molar-refractivity contribution in [2.75, 3.05) is 19.5 Å². The average Bonchev–Trinajstić information content (AvgIpc) is 2.46. The normalized spacial score (nSPS) is 11.7. The molecule has 1 atom stereocenters. The minimum atomic E-state index is -1.14. The Hall–Kier alpha value is -1.79. The maximum absolute atomic E-state index is 12.1. The number of carbonyl (C=O) groups excluding carboxylic acids is 1. The first-order valence-corrected chi connectivity index (χ1v) is 7.18. The van der Waals surface area contributed by atoms with E-state index >= 15 is 0 Å². The Bertz CT molecular complexity index is 490. The second kappa shape index (κ2) is 8.39. The molecule has 0 saturated heterocycles. The molecule has 0 aliphatic rings. The number of nitrogens with one attached hydrogen (secondary N) is 1. The Balaban J connectivity index is 2.74. The van der Waals surface area contributed by atoms with Gasteiger partial charge in [0, 0.05) is 4.90 Å². The van der Waals surface area contributed by atoms with Crippen molar-refractivity contribution >= 4 is 23.6 Å². The number of hydrogen-bond acceptors (Lipinski definition) is 4. The van der Waals surface area contributed by atoms with Crippen molar-refractivity contribution in [2.45, 2.75) is 10.9 Å². The molecule has 1 aromatic carbocycles. The maximum atomic E-state index is 12.1. The Morgan fingerprint density at radius 2 is 2.20 bits per heavy atom. The van der Waals surface area contributed by atoms with Gasteiger partial charge < -0.3 is 15.2 Å². The molecule has 1 rings (SSSR count). The fourth-order valence-electron chi connectivity index (χ4n) is 1.51. The Morgan fingerprint density at radius 1 is 1.50 bits per heavy atom. The average molecular weight is 295 g/mol. The summed E-state index contributed by atoms with van der Waals surface area (Å²) >= 11 is 1.43. The van der Waals surface area contributed by atoms with Crippen LogP contribution in [0, 0.1) is 0 Å². The molecule has 0 aliphatic heterocycles. The van der Waals surface area contributed by atoms with Crippen molar-refractivity contribution in [1.29, 1.82) is 0 Å². The van der Waals surface area contributed by atoms with Gasteiger partial charge in [-0.2, -0.15) is 0 Å². The molecule has 0 saturated carbocycles. The SMILES string of the molecule is C=CCOCC(NC(=O)c1ccccc1SC)C(=O)O. The fourth-order valence-corrected chi connectivity index (χ4v) is 2.11. The van der Waals surface area contributed by atoms with Crippen LogP contribution in [0.3, 0.4) is 0 Å². The number of rotatable bonds is 8. The topological polar surface area (TPSA) is 75.6 Å². The number of carboxylic acids is 1. The van der Waals surface area contributed by atoms with Crippen LogP contribution in [0.25, 0.3) is 0 Å². The number of carboxylic acid groups (broad SMARTS) is 1. The largest absolute Gasteiger partial charge is 0.480 e. The van der Waals surface area contributed by atoms with Gasteiger partial charge in [-0.1, -0.05) is 18.2 Å². The number of benzene rings is 1. The highest BCUT2D eigenvalue weighted by atomic mass is 32.2. The van der Waals surface area contributed by atoms with Crippen LogP contribution in [-0.2, 0) is 9.53 Å². The summed E-state index contributed by atoms with van der Waals surface area (Å²) in [6.45, 7) is 3.61. The van der Waals surface area contributed by atoms with E-state index in [0.29, 0.717) is 5.56 Å². The summed E-state index contributed by atoms with van der Waals surface area (Å²) in [5.74, 6) is -1.56. The van der Waals surface area contributed by atoms with Crippen molar-refractivity contribution in [1.82, 2.24) is 5.32 Å². The summed E-state index contributed by atoms with van der Waals surface area (Å²) in [4.78, 5) is 24.0. The van der Waals surface area contributed by atoms with E-state index in [1.807, 2.05) is 18.4 Å². The van der Waals surface area contributed by atoms with Gasteiger partial charge in [0.25, 0.3) is 5.91 Å². The number of amides is 1. The van der Waals surface area contributed by atoms with Gasteiger partial charge in [-0.25, -0.2) is 4.79 Å². The number of thioether (sulfide) groups is 1. The van der Waals surface area contributed by atoms with Crippen LogP contribution in [0.2, 0.25) is 0 Å². The number of ether oxygens (including phenoxy) is 1. The predicted octanol–water partition coefficient (Wildman–Crippen LogP) is 1.79. The standard InChI is InChI=1S/C14H17NO4S/c1-3-8-19-9-11(14(17)18)15-13(16)10-6-4-5-7-12(10)20-2/h3-7,11H,1,8-9H2,2H3,(H,15,16)(H,17,18). The van der Waals surface area contributed by atoms with E-state index in [1.165, 1.54) is 17.8 Å². The van der Waals surface area contributed by atoms with Crippen LogP contribution < -0.4 is 5.32 Å². The molecule has 5 nitrogen and oxygen atoms in total. The smallest absolute Gasteiger partial charge is 0.328 e. The van der Waals surface area contributed by atoms with E-state index in [1.54, 1.807) is 12.1 Å². The van der Waals surface area contributed by atoms with E-state index in [9.17, 15) is 9.59 Å². The Kier molecular flexibility index (Phi) is 6.83. The predicted molar refractivity (Wildman–Crippen MR) is 78.1 cm³/mol. The lowest BCUT2D eigenvalue weighted by Crippen LogP contribution is -2.44. The number of hydrogen-bond donors (Lipinski definition) is 2. The highest BCUT2D eigenvalue weighted by Gasteiger charge is 2.21. The lowest BCUT2D eigenvalue weighted by molar-refractivity contribution is -0.140. The van der Waals surface area contributed by atoms with Crippen molar-refractivity contribution in [3.05, 3.63) is 42.5 Å². The minimum absolute atomic E-state index is 0.103. The molecule has 0 fully saturated rings. The summed E-state index contributed by atoms with van der Waals surface area (Å²) in [5.41, 5.74) is 0.454. The van der Waals surface area contributed by atoms with Gasteiger partial charge in [0.1, 0.15) is 0 Å². The van der Waals surface area contributed by atoms with E-state index < -0.39 is 17.9 Å². The van der Waals surface area contributed by atoms with Gasteiger partial charge in [-0.15, -0.1) is 18.3 Å². The summed E-state index contributed by atoms with van der Waals surface area (Å²) in [6.07, 6.45) is 3.37. The fraction of sp³-hybridized carbons (Fsp3) is 0.286. The molecule has 0 bridgehead atoms. The summed E-state index contributed by atoms with van der Waals surface area (Å²) in [7, 11) is 0. The molecule has 0 radical (unpaired) electrons. The van der Waals surface area contributed by atoms with Crippen LogP contribution in [0.4, 0.5) is 0 Å². The third kappa shape index (κ3) is 4.71. The molecule has 0 aliphatic carbocycles. The van der Waals surface area contributed by atoms with Crippen molar-refractivity contribution in [3.8, 4) is 0 Å². The number of carbonyl (C=O) groups is 2. The van der Waals surface area contributed by atoms with Gasteiger partial charge in [0.2, 0.25) is 0 Å². The monoisotopic (exact) mass is 295 g/mol. The summed E-state index contributed by atoms with van der Waals surface area (Å²) in [6, 6.07) is 5.94. The molecule has 108 valence electrons. The Labute approximate surface area is 122 Å². The highest BCUT2D eigenvalue weighted by molar-refractivity contribution is 7.98. The van der Waals surface area contributed by atoms with Crippen LogP contribution in [0.1, 0.15) is 10.4 Å². The quantitative estimate of drug-likeness (QED) is 0.434. The van der Waals surface area contributed by atoms with Gasteiger partial charge in [-0.3, -0.25) is 4.79 Å². The van der Waals surface area contributed by atoms with E-state index in [4.69, 9.17) is 9.84 Å².